The Hall–Kier alpha value is -4.62. The lowest BCUT2D eigenvalue weighted by Crippen LogP contribution is -2.15. The van der Waals surface area contributed by atoms with Gasteiger partial charge >= 0.3 is 0 Å². The third-order valence-corrected chi connectivity index (χ3v) is 7.20. The van der Waals surface area contributed by atoms with Gasteiger partial charge in [0.25, 0.3) is 0 Å². The van der Waals surface area contributed by atoms with Crippen LogP contribution in [0.15, 0.2) is 85.2 Å². The van der Waals surface area contributed by atoms with E-state index in [4.69, 9.17) is 35.9 Å². The second-order valence-electron chi connectivity index (χ2n) is 9.02. The fourth-order valence-corrected chi connectivity index (χ4v) is 5.32. The SMILES string of the molecule is COc1ccc([C@H]2c3c(ccc4ccccc34)Oc3ncn4nc(-c5ccc(Cl)cc5)nc4c32)cc1OC. The Morgan fingerprint density at radius 1 is 0.868 bits per heavy atom. The zero-order valence-electron chi connectivity index (χ0n) is 20.6. The lowest BCUT2D eigenvalue weighted by molar-refractivity contribution is 0.354. The molecule has 0 saturated heterocycles. The average molecular weight is 521 g/mol. The van der Waals surface area contributed by atoms with Gasteiger partial charge in [-0.25, -0.2) is 14.5 Å². The largest absolute Gasteiger partial charge is 0.493 e. The number of nitrogens with zero attached hydrogens (tertiary/aromatic N) is 4. The van der Waals surface area contributed by atoms with Gasteiger partial charge in [0.1, 0.15) is 12.1 Å². The van der Waals surface area contributed by atoms with E-state index >= 15 is 0 Å². The van der Waals surface area contributed by atoms with E-state index in [0.717, 1.165) is 38.8 Å². The van der Waals surface area contributed by atoms with Gasteiger partial charge in [0, 0.05) is 22.1 Å². The number of rotatable bonds is 4. The Morgan fingerprint density at radius 3 is 2.50 bits per heavy atom. The molecular formula is C30H21ClN4O3. The van der Waals surface area contributed by atoms with E-state index in [1.165, 1.54) is 0 Å². The quantitative estimate of drug-likeness (QED) is 0.251. The molecule has 1 aliphatic rings. The van der Waals surface area contributed by atoms with E-state index in [1.807, 2.05) is 60.7 Å². The molecule has 0 amide bonds. The van der Waals surface area contributed by atoms with Gasteiger partial charge in [-0.1, -0.05) is 48.0 Å². The first-order valence-electron chi connectivity index (χ1n) is 12.1. The Kier molecular flexibility index (Phi) is 5.19. The van der Waals surface area contributed by atoms with Crippen LogP contribution in [0.3, 0.4) is 0 Å². The van der Waals surface area contributed by atoms with Gasteiger partial charge in [-0.05, 0) is 58.8 Å². The highest BCUT2D eigenvalue weighted by Gasteiger charge is 2.35. The van der Waals surface area contributed by atoms with E-state index in [9.17, 15) is 0 Å². The molecule has 7 nitrogen and oxygen atoms in total. The summed E-state index contributed by atoms with van der Waals surface area (Å²) in [5.41, 5.74) is 4.39. The van der Waals surface area contributed by atoms with Crippen LogP contribution in [0.1, 0.15) is 22.6 Å². The minimum absolute atomic E-state index is 0.252. The van der Waals surface area contributed by atoms with Crippen molar-refractivity contribution in [3.05, 3.63) is 107 Å². The lowest BCUT2D eigenvalue weighted by Gasteiger charge is -2.29. The highest BCUT2D eigenvalue weighted by Crippen LogP contribution is 2.51. The first kappa shape index (κ1) is 22.6. The van der Waals surface area contributed by atoms with Crippen LogP contribution < -0.4 is 14.2 Å². The molecule has 4 aromatic carbocycles. The zero-order valence-corrected chi connectivity index (χ0v) is 21.3. The van der Waals surface area contributed by atoms with Crippen molar-refractivity contribution < 1.29 is 14.2 Å². The highest BCUT2D eigenvalue weighted by molar-refractivity contribution is 6.30. The van der Waals surface area contributed by atoms with Gasteiger partial charge in [0.05, 0.1) is 19.8 Å². The number of halogens is 1. The molecule has 0 bridgehead atoms. The standard InChI is InChI=1S/C30H21ClN4O3/c1-36-22-13-10-19(15-24(22)37-2)25-26-21-6-4-3-5-17(21)9-14-23(26)38-30-27(25)29-33-28(34-35(29)16-32-30)18-7-11-20(31)12-8-18/h3-16,25H,1-2H3/t25-/m0/s1. The van der Waals surface area contributed by atoms with Crippen LogP contribution in [0.2, 0.25) is 5.02 Å². The summed E-state index contributed by atoms with van der Waals surface area (Å²) in [6.45, 7) is 0. The molecule has 0 aliphatic carbocycles. The number of hydrogen-bond donors (Lipinski definition) is 0. The van der Waals surface area contributed by atoms with E-state index in [1.54, 1.807) is 25.1 Å². The minimum atomic E-state index is -0.252. The Balaban J connectivity index is 1.53. The first-order valence-corrected chi connectivity index (χ1v) is 12.4. The Labute approximate surface area is 223 Å². The molecule has 1 atom stereocenters. The van der Waals surface area contributed by atoms with Crippen molar-refractivity contribution in [1.82, 2.24) is 19.6 Å². The summed E-state index contributed by atoms with van der Waals surface area (Å²) in [4.78, 5) is 9.62. The maximum atomic E-state index is 6.41. The molecule has 0 N–H and O–H groups in total. The van der Waals surface area contributed by atoms with Gasteiger partial charge in [-0.3, -0.25) is 0 Å². The Bertz CT molecular complexity index is 1850. The van der Waals surface area contributed by atoms with E-state index in [-0.39, 0.29) is 5.92 Å². The van der Waals surface area contributed by atoms with Gasteiger partial charge in [-0.15, -0.1) is 5.10 Å². The second kappa shape index (κ2) is 8.75. The topological polar surface area (TPSA) is 70.8 Å². The third-order valence-electron chi connectivity index (χ3n) is 6.94. The molecule has 6 aromatic rings. The van der Waals surface area contributed by atoms with Crippen LogP contribution in [0, 0.1) is 0 Å². The summed E-state index contributed by atoms with van der Waals surface area (Å²) >= 11 is 6.11. The molecule has 8 heteroatoms. The molecule has 0 saturated carbocycles. The maximum Gasteiger partial charge on any atom is 0.228 e. The van der Waals surface area contributed by atoms with Gasteiger partial charge in [0.15, 0.2) is 23.0 Å². The molecule has 186 valence electrons. The maximum absolute atomic E-state index is 6.41. The average Bonchev–Trinajstić information content (AvgIpc) is 3.40. The van der Waals surface area contributed by atoms with Crippen molar-refractivity contribution in [3.63, 3.8) is 0 Å². The predicted molar refractivity (Wildman–Crippen MR) is 146 cm³/mol. The molecule has 38 heavy (non-hydrogen) atoms. The molecule has 3 heterocycles. The van der Waals surface area contributed by atoms with E-state index < -0.39 is 0 Å². The summed E-state index contributed by atoms with van der Waals surface area (Å²) in [6, 6.07) is 25.8. The normalized spacial score (nSPS) is 14.1. The van der Waals surface area contributed by atoms with Crippen LogP contribution >= 0.6 is 11.6 Å². The molecule has 7 rings (SSSR count). The van der Waals surface area contributed by atoms with Crippen LogP contribution in [-0.2, 0) is 0 Å². The third kappa shape index (κ3) is 3.47. The molecule has 0 unspecified atom stereocenters. The summed E-state index contributed by atoms with van der Waals surface area (Å²) in [7, 11) is 3.27. The fourth-order valence-electron chi connectivity index (χ4n) is 5.19. The minimum Gasteiger partial charge on any atom is -0.493 e. The second-order valence-corrected chi connectivity index (χ2v) is 9.46. The van der Waals surface area contributed by atoms with Crippen molar-refractivity contribution in [2.75, 3.05) is 14.2 Å². The van der Waals surface area contributed by atoms with Crippen LogP contribution in [0.4, 0.5) is 0 Å². The number of methoxy groups -OCH3 is 2. The molecule has 0 radical (unpaired) electrons. The molecule has 1 aliphatic heterocycles. The summed E-state index contributed by atoms with van der Waals surface area (Å²) < 4.78 is 19.3. The van der Waals surface area contributed by atoms with Crippen LogP contribution in [-0.4, -0.2) is 33.8 Å². The van der Waals surface area contributed by atoms with Crippen molar-refractivity contribution in [1.29, 1.82) is 0 Å². The number of ether oxygens (including phenoxy) is 3. The Morgan fingerprint density at radius 2 is 1.68 bits per heavy atom. The van der Waals surface area contributed by atoms with Gasteiger partial charge < -0.3 is 14.2 Å². The number of aromatic nitrogens is 4. The van der Waals surface area contributed by atoms with Crippen molar-refractivity contribution in [3.8, 4) is 34.5 Å². The summed E-state index contributed by atoms with van der Waals surface area (Å²) in [5, 5.41) is 7.59. The molecule has 0 spiro atoms. The lowest BCUT2D eigenvalue weighted by atomic mass is 9.81. The first-order chi connectivity index (χ1) is 18.6. The van der Waals surface area contributed by atoms with Gasteiger partial charge in [-0.2, -0.15) is 0 Å². The van der Waals surface area contributed by atoms with Crippen molar-refractivity contribution in [2.45, 2.75) is 5.92 Å². The van der Waals surface area contributed by atoms with Crippen LogP contribution in [0.5, 0.6) is 23.1 Å². The predicted octanol–water partition coefficient (Wildman–Crippen LogP) is 6.90. The molecular weight excluding hydrogens is 500 g/mol. The molecule has 0 fully saturated rings. The van der Waals surface area contributed by atoms with Crippen molar-refractivity contribution in [2.24, 2.45) is 0 Å². The monoisotopic (exact) mass is 520 g/mol. The van der Waals surface area contributed by atoms with Gasteiger partial charge in [0.2, 0.25) is 5.88 Å². The highest BCUT2D eigenvalue weighted by atomic mass is 35.5. The molecule has 2 aromatic heterocycles. The number of fused-ring (bicyclic) bond motifs is 6. The summed E-state index contributed by atoms with van der Waals surface area (Å²) in [6.07, 6.45) is 1.64. The fraction of sp³-hybridized carbons (Fsp3) is 0.100. The van der Waals surface area contributed by atoms with E-state index in [2.05, 4.69) is 23.2 Å². The van der Waals surface area contributed by atoms with Crippen molar-refractivity contribution >= 4 is 28.0 Å². The number of benzene rings is 4. The zero-order chi connectivity index (χ0) is 25.8. The number of hydrogen-bond acceptors (Lipinski definition) is 6. The summed E-state index contributed by atoms with van der Waals surface area (Å²) in [5.74, 6) is 2.87. The van der Waals surface area contributed by atoms with E-state index in [0.29, 0.717) is 33.9 Å². The van der Waals surface area contributed by atoms with Crippen LogP contribution in [0.25, 0.3) is 27.8 Å². The smallest absolute Gasteiger partial charge is 0.228 e.